The van der Waals surface area contributed by atoms with Crippen LogP contribution in [-0.4, -0.2) is 64.9 Å². The number of hydrogen-bond acceptors (Lipinski definition) is 7. The Morgan fingerprint density at radius 1 is 1.03 bits per heavy atom. The molecule has 0 amide bonds. The van der Waals surface area contributed by atoms with Gasteiger partial charge < -0.3 is 9.64 Å². The van der Waals surface area contributed by atoms with E-state index in [4.69, 9.17) is 9.84 Å². The highest BCUT2D eigenvalue weighted by Gasteiger charge is 2.38. The van der Waals surface area contributed by atoms with Gasteiger partial charge in [-0.15, -0.1) is 5.10 Å². The highest BCUT2D eigenvalue weighted by atomic mass is 16.5. The summed E-state index contributed by atoms with van der Waals surface area (Å²) >= 11 is 0. The summed E-state index contributed by atoms with van der Waals surface area (Å²) in [5.41, 5.74) is 3.06. The van der Waals surface area contributed by atoms with Gasteiger partial charge in [0.1, 0.15) is 5.75 Å². The van der Waals surface area contributed by atoms with Crippen molar-refractivity contribution >= 4 is 17.8 Å². The van der Waals surface area contributed by atoms with Gasteiger partial charge in [-0.2, -0.15) is 10.2 Å². The SMILES string of the molecule is CC1C(c2ccc(OCCCN3CCCCC3)cc2)=NN2C(c3cccnc3)=NN=CC12. The zero-order valence-electron chi connectivity index (χ0n) is 18.6. The van der Waals surface area contributed by atoms with E-state index in [-0.39, 0.29) is 12.0 Å². The van der Waals surface area contributed by atoms with E-state index < -0.39 is 0 Å². The highest BCUT2D eigenvalue weighted by Crippen LogP contribution is 2.29. The van der Waals surface area contributed by atoms with E-state index >= 15 is 0 Å². The summed E-state index contributed by atoms with van der Waals surface area (Å²) in [6, 6.07) is 12.3. The van der Waals surface area contributed by atoms with Crippen LogP contribution in [0.1, 0.15) is 43.7 Å². The molecule has 2 atom stereocenters. The van der Waals surface area contributed by atoms with E-state index in [1.54, 1.807) is 12.4 Å². The number of nitrogens with zero attached hydrogens (tertiary/aromatic N) is 6. The summed E-state index contributed by atoms with van der Waals surface area (Å²) < 4.78 is 5.99. The molecule has 3 aliphatic rings. The molecule has 5 rings (SSSR count). The second-order valence-electron chi connectivity index (χ2n) is 8.67. The van der Waals surface area contributed by atoms with Crippen LogP contribution in [0.15, 0.2) is 64.1 Å². The van der Waals surface area contributed by atoms with Crippen LogP contribution < -0.4 is 4.74 Å². The van der Waals surface area contributed by atoms with E-state index in [1.165, 1.54) is 32.4 Å². The predicted octanol–water partition coefficient (Wildman–Crippen LogP) is 3.81. The summed E-state index contributed by atoms with van der Waals surface area (Å²) in [6.07, 6.45) is 10.6. The monoisotopic (exact) mass is 430 g/mol. The number of piperidine rings is 1. The number of hydrogen-bond donors (Lipinski definition) is 0. The Kier molecular flexibility index (Phi) is 6.25. The fourth-order valence-corrected chi connectivity index (χ4v) is 4.62. The van der Waals surface area contributed by atoms with Gasteiger partial charge >= 0.3 is 0 Å². The molecule has 4 heterocycles. The number of ether oxygens (including phenoxy) is 1. The molecule has 0 bridgehead atoms. The Morgan fingerprint density at radius 3 is 2.66 bits per heavy atom. The average molecular weight is 431 g/mol. The minimum absolute atomic E-state index is 0.0587. The third-order valence-corrected chi connectivity index (χ3v) is 6.44. The van der Waals surface area contributed by atoms with Crippen LogP contribution in [0, 0.1) is 5.92 Å². The molecule has 0 spiro atoms. The Hall–Kier alpha value is -3.06. The molecular formula is C25H30N6O. The number of rotatable bonds is 7. The fraction of sp³-hybridized carbons (Fsp3) is 0.440. The number of amidine groups is 1. The van der Waals surface area contributed by atoms with Crippen LogP contribution in [-0.2, 0) is 0 Å². The first-order chi connectivity index (χ1) is 15.8. The standard InChI is InChI=1S/C25H30N6O/c1-19-23-18-27-28-25(21-7-5-12-26-17-21)31(23)29-24(19)20-8-10-22(11-9-20)32-16-6-15-30-13-3-2-4-14-30/h5,7-12,17-19,23H,2-4,6,13-16H2,1H3. The van der Waals surface area contributed by atoms with Gasteiger partial charge in [0.25, 0.3) is 0 Å². The molecule has 0 aliphatic carbocycles. The van der Waals surface area contributed by atoms with E-state index in [9.17, 15) is 0 Å². The molecule has 2 aromatic rings. The minimum atomic E-state index is 0.0587. The predicted molar refractivity (Wildman–Crippen MR) is 127 cm³/mol. The summed E-state index contributed by atoms with van der Waals surface area (Å²) in [7, 11) is 0. The number of pyridine rings is 1. The average Bonchev–Trinajstić information content (AvgIpc) is 3.20. The van der Waals surface area contributed by atoms with Crippen molar-refractivity contribution in [2.75, 3.05) is 26.2 Å². The number of likely N-dealkylation sites (tertiary alicyclic amines) is 1. The maximum Gasteiger partial charge on any atom is 0.180 e. The van der Waals surface area contributed by atoms with Crippen LogP contribution in [0.25, 0.3) is 0 Å². The quantitative estimate of drug-likeness (QED) is 0.627. The van der Waals surface area contributed by atoms with Crippen molar-refractivity contribution in [3.63, 3.8) is 0 Å². The van der Waals surface area contributed by atoms with Crippen molar-refractivity contribution in [1.82, 2.24) is 14.9 Å². The molecule has 0 N–H and O–H groups in total. The summed E-state index contributed by atoms with van der Waals surface area (Å²) in [5.74, 6) is 1.86. The van der Waals surface area contributed by atoms with Crippen molar-refractivity contribution < 1.29 is 4.74 Å². The number of hydrazone groups is 1. The number of aromatic nitrogens is 1. The Balaban J connectivity index is 1.22. The Bertz CT molecular complexity index is 995. The lowest BCUT2D eigenvalue weighted by Gasteiger charge is -2.26. The van der Waals surface area contributed by atoms with Gasteiger partial charge in [-0.3, -0.25) is 4.98 Å². The van der Waals surface area contributed by atoms with Crippen molar-refractivity contribution in [3.8, 4) is 5.75 Å². The van der Waals surface area contributed by atoms with Crippen LogP contribution in [0.2, 0.25) is 0 Å². The van der Waals surface area contributed by atoms with Gasteiger partial charge in [-0.05, 0) is 74.3 Å². The molecule has 1 aromatic heterocycles. The third-order valence-electron chi connectivity index (χ3n) is 6.44. The molecule has 32 heavy (non-hydrogen) atoms. The zero-order valence-corrected chi connectivity index (χ0v) is 18.6. The van der Waals surface area contributed by atoms with Crippen LogP contribution in [0.3, 0.4) is 0 Å². The van der Waals surface area contributed by atoms with E-state index in [2.05, 4.69) is 39.1 Å². The normalized spacial score (nSPS) is 23.0. The van der Waals surface area contributed by atoms with Gasteiger partial charge in [-0.25, -0.2) is 5.01 Å². The zero-order chi connectivity index (χ0) is 21.8. The van der Waals surface area contributed by atoms with Crippen molar-refractivity contribution in [2.24, 2.45) is 21.2 Å². The molecule has 1 saturated heterocycles. The molecule has 1 aromatic carbocycles. The molecular weight excluding hydrogens is 400 g/mol. The van der Waals surface area contributed by atoms with Crippen molar-refractivity contribution in [2.45, 2.75) is 38.6 Å². The van der Waals surface area contributed by atoms with Gasteiger partial charge in [-0.1, -0.05) is 13.3 Å². The molecule has 1 fully saturated rings. The topological polar surface area (TPSA) is 65.7 Å². The first-order valence-corrected chi connectivity index (χ1v) is 11.6. The van der Waals surface area contributed by atoms with E-state index in [0.29, 0.717) is 0 Å². The van der Waals surface area contributed by atoms with Crippen LogP contribution in [0.5, 0.6) is 5.75 Å². The number of benzene rings is 1. The molecule has 0 saturated carbocycles. The van der Waals surface area contributed by atoms with Crippen molar-refractivity contribution in [1.29, 1.82) is 0 Å². The maximum atomic E-state index is 5.99. The van der Waals surface area contributed by atoms with Gasteiger partial charge in [0.2, 0.25) is 0 Å². The third kappa shape index (κ3) is 4.43. The lowest BCUT2D eigenvalue weighted by Crippen LogP contribution is -2.40. The van der Waals surface area contributed by atoms with E-state index in [1.807, 2.05) is 35.5 Å². The van der Waals surface area contributed by atoms with Crippen molar-refractivity contribution in [3.05, 3.63) is 59.9 Å². The minimum Gasteiger partial charge on any atom is -0.494 e. The summed E-state index contributed by atoms with van der Waals surface area (Å²) in [6.45, 7) is 6.55. The first-order valence-electron chi connectivity index (χ1n) is 11.6. The lowest BCUT2D eigenvalue weighted by atomic mass is 9.93. The second kappa shape index (κ2) is 9.61. The molecule has 0 radical (unpaired) electrons. The fourth-order valence-electron chi connectivity index (χ4n) is 4.62. The summed E-state index contributed by atoms with van der Waals surface area (Å²) in [4.78, 5) is 6.76. The second-order valence-corrected chi connectivity index (χ2v) is 8.67. The Morgan fingerprint density at radius 2 is 1.88 bits per heavy atom. The van der Waals surface area contributed by atoms with Gasteiger partial charge in [0, 0.05) is 30.4 Å². The molecule has 166 valence electrons. The first kappa shape index (κ1) is 20.8. The van der Waals surface area contributed by atoms with Gasteiger partial charge in [0.15, 0.2) is 5.84 Å². The molecule has 7 nitrogen and oxygen atoms in total. The summed E-state index contributed by atoms with van der Waals surface area (Å²) in [5, 5.41) is 15.5. The molecule has 7 heteroatoms. The molecule has 3 aliphatic heterocycles. The Labute approximate surface area is 189 Å². The smallest absolute Gasteiger partial charge is 0.180 e. The van der Waals surface area contributed by atoms with Crippen LogP contribution in [0.4, 0.5) is 0 Å². The number of fused-ring (bicyclic) bond motifs is 1. The van der Waals surface area contributed by atoms with E-state index in [0.717, 1.165) is 48.0 Å². The highest BCUT2D eigenvalue weighted by molar-refractivity contribution is 6.10. The lowest BCUT2D eigenvalue weighted by molar-refractivity contribution is 0.205. The van der Waals surface area contributed by atoms with Gasteiger partial charge in [0.05, 0.1) is 24.6 Å². The maximum absolute atomic E-state index is 5.99. The largest absolute Gasteiger partial charge is 0.494 e. The molecule has 2 unspecified atom stereocenters. The van der Waals surface area contributed by atoms with Crippen LogP contribution >= 0.6 is 0 Å².